The van der Waals surface area contributed by atoms with Crippen LogP contribution in [-0.4, -0.2) is 31.8 Å². The summed E-state index contributed by atoms with van der Waals surface area (Å²) in [6.07, 6.45) is 5.94. The summed E-state index contributed by atoms with van der Waals surface area (Å²) < 4.78 is 10.4. The minimum atomic E-state index is -0.628. The number of carbonyl (C=O) groups excluding carboxylic acids is 2. The van der Waals surface area contributed by atoms with Crippen molar-refractivity contribution in [3.05, 3.63) is 29.8 Å². The van der Waals surface area contributed by atoms with Gasteiger partial charge in [-0.2, -0.15) is 0 Å². The number of esters is 1. The molecule has 3 rings (SSSR count). The fraction of sp³-hybridized carbons (Fsp3) is 0.556. The molecule has 1 aliphatic carbocycles. The molecule has 0 N–H and O–H groups in total. The highest BCUT2D eigenvalue weighted by molar-refractivity contribution is 5.98. The van der Waals surface area contributed by atoms with Crippen molar-refractivity contribution >= 4 is 17.7 Å². The van der Waals surface area contributed by atoms with E-state index in [2.05, 4.69) is 0 Å². The third-order valence-corrected chi connectivity index (χ3v) is 4.81. The van der Waals surface area contributed by atoms with Gasteiger partial charge in [-0.15, -0.1) is 0 Å². The normalized spacial score (nSPS) is 20.9. The maximum atomic E-state index is 12.6. The lowest BCUT2D eigenvalue weighted by atomic mass is 9.90. The summed E-state index contributed by atoms with van der Waals surface area (Å²) in [5, 5.41) is 0. The summed E-state index contributed by atoms with van der Waals surface area (Å²) >= 11 is 0. The van der Waals surface area contributed by atoms with E-state index >= 15 is 0 Å². The van der Waals surface area contributed by atoms with Crippen LogP contribution in [0.15, 0.2) is 24.3 Å². The average Bonchev–Trinajstić information content (AvgIpc) is 2.99. The smallest absolute Gasteiger partial charge is 0.415 e. The maximum Gasteiger partial charge on any atom is 0.415 e. The van der Waals surface area contributed by atoms with Crippen molar-refractivity contribution in [1.29, 1.82) is 0 Å². The largest absolute Gasteiger partial charge is 0.467 e. The lowest BCUT2D eigenvalue weighted by molar-refractivity contribution is -0.142. The summed E-state index contributed by atoms with van der Waals surface area (Å²) in [6.45, 7) is 0.436. The first-order valence-corrected chi connectivity index (χ1v) is 8.32. The third-order valence-electron chi connectivity index (χ3n) is 4.81. The number of benzene rings is 1. The van der Waals surface area contributed by atoms with Gasteiger partial charge in [0.2, 0.25) is 0 Å². The fourth-order valence-corrected chi connectivity index (χ4v) is 3.55. The lowest BCUT2D eigenvalue weighted by Gasteiger charge is -2.26. The molecule has 0 aromatic heterocycles. The van der Waals surface area contributed by atoms with Gasteiger partial charge in [0.25, 0.3) is 0 Å². The van der Waals surface area contributed by atoms with E-state index in [4.69, 9.17) is 9.47 Å². The van der Waals surface area contributed by atoms with Crippen molar-refractivity contribution in [2.24, 2.45) is 5.92 Å². The molecule has 0 radical (unpaired) electrons. The minimum absolute atomic E-state index is 0.407. The van der Waals surface area contributed by atoms with Crippen LogP contribution < -0.4 is 4.90 Å². The Balaban J connectivity index is 1.71. The Hall–Kier alpha value is -2.04. The Morgan fingerprint density at radius 2 is 1.91 bits per heavy atom. The van der Waals surface area contributed by atoms with Gasteiger partial charge in [-0.3, -0.25) is 4.90 Å². The van der Waals surface area contributed by atoms with Gasteiger partial charge in [-0.25, -0.2) is 9.59 Å². The molecule has 1 amide bonds. The maximum absolute atomic E-state index is 12.6. The number of para-hydroxylation sites is 1. The summed E-state index contributed by atoms with van der Waals surface area (Å²) in [7, 11) is 1.34. The van der Waals surface area contributed by atoms with Crippen LogP contribution in [0.2, 0.25) is 0 Å². The number of rotatable bonds is 3. The molecule has 0 spiro atoms. The molecule has 124 valence electrons. The Morgan fingerprint density at radius 3 is 2.65 bits per heavy atom. The second kappa shape index (κ2) is 7.02. The number of hydrogen-bond donors (Lipinski definition) is 0. The second-order valence-corrected chi connectivity index (χ2v) is 6.32. The number of ether oxygens (including phenoxy) is 2. The predicted octanol–water partition coefficient (Wildman–Crippen LogP) is 3.31. The number of nitrogens with zero attached hydrogens (tertiary/aromatic N) is 1. The minimum Gasteiger partial charge on any atom is -0.467 e. The molecule has 2 aliphatic rings. The van der Waals surface area contributed by atoms with Crippen LogP contribution in [0.1, 0.15) is 37.7 Å². The number of hydrogen-bond acceptors (Lipinski definition) is 4. The van der Waals surface area contributed by atoms with Gasteiger partial charge >= 0.3 is 12.1 Å². The number of fused-ring (bicyclic) bond motifs is 1. The van der Waals surface area contributed by atoms with Crippen molar-refractivity contribution in [3.8, 4) is 0 Å². The number of amides is 1. The van der Waals surface area contributed by atoms with Crippen LogP contribution in [0.5, 0.6) is 0 Å². The summed E-state index contributed by atoms with van der Waals surface area (Å²) in [5.74, 6) is 0.0398. The standard InChI is InChI=1S/C18H23NO4/c1-22-17(20)16-11-14-9-5-6-10-15(14)19(16)18(21)23-12-13-7-3-2-4-8-13/h5-6,9-10,13,16H,2-4,7-8,11-12H2,1H3/t16-/m1/s1. The molecule has 23 heavy (non-hydrogen) atoms. The van der Waals surface area contributed by atoms with E-state index in [9.17, 15) is 9.59 Å². The number of anilines is 1. The summed E-state index contributed by atoms with van der Waals surface area (Å²) in [4.78, 5) is 26.1. The van der Waals surface area contributed by atoms with Crippen molar-refractivity contribution in [3.63, 3.8) is 0 Å². The van der Waals surface area contributed by atoms with Gasteiger partial charge in [0.15, 0.2) is 0 Å². The molecule has 0 bridgehead atoms. The van der Waals surface area contributed by atoms with Crippen LogP contribution >= 0.6 is 0 Å². The number of methoxy groups -OCH3 is 1. The Kier molecular flexibility index (Phi) is 4.84. The molecular formula is C18H23NO4. The molecule has 1 atom stereocenters. The van der Waals surface area contributed by atoms with Gasteiger partial charge in [0, 0.05) is 6.42 Å². The SMILES string of the molecule is COC(=O)[C@H]1Cc2ccccc2N1C(=O)OCC1CCCCC1. The molecule has 1 heterocycles. The Bertz CT molecular complexity index is 580. The second-order valence-electron chi connectivity index (χ2n) is 6.32. The van der Waals surface area contributed by atoms with Crippen molar-refractivity contribution < 1.29 is 19.1 Å². The first kappa shape index (κ1) is 15.8. The highest BCUT2D eigenvalue weighted by atomic mass is 16.6. The van der Waals surface area contributed by atoms with Crippen LogP contribution in [0.4, 0.5) is 10.5 Å². The Labute approximate surface area is 136 Å². The van der Waals surface area contributed by atoms with Crippen LogP contribution in [0.3, 0.4) is 0 Å². The predicted molar refractivity (Wildman–Crippen MR) is 86.4 cm³/mol. The molecular weight excluding hydrogens is 294 g/mol. The average molecular weight is 317 g/mol. The molecule has 0 unspecified atom stereocenters. The zero-order valence-electron chi connectivity index (χ0n) is 13.5. The summed E-state index contributed by atoms with van der Waals surface area (Å²) in [6, 6.07) is 6.92. The van der Waals surface area contributed by atoms with Gasteiger partial charge in [-0.05, 0) is 30.4 Å². The first-order chi connectivity index (χ1) is 11.2. The van der Waals surface area contributed by atoms with Gasteiger partial charge in [-0.1, -0.05) is 37.5 Å². The monoisotopic (exact) mass is 317 g/mol. The van der Waals surface area contributed by atoms with E-state index in [0.717, 1.165) is 24.1 Å². The van der Waals surface area contributed by atoms with Crippen molar-refractivity contribution in [1.82, 2.24) is 0 Å². The molecule has 1 aromatic carbocycles. The zero-order valence-corrected chi connectivity index (χ0v) is 13.5. The van der Waals surface area contributed by atoms with Crippen LogP contribution in [0, 0.1) is 5.92 Å². The quantitative estimate of drug-likeness (QED) is 0.803. The van der Waals surface area contributed by atoms with Crippen LogP contribution in [0.25, 0.3) is 0 Å². The van der Waals surface area contributed by atoms with Gasteiger partial charge < -0.3 is 9.47 Å². The highest BCUT2D eigenvalue weighted by Crippen LogP contribution is 2.33. The van der Waals surface area contributed by atoms with E-state index < -0.39 is 18.1 Å². The topological polar surface area (TPSA) is 55.8 Å². The lowest BCUT2D eigenvalue weighted by Crippen LogP contribution is -2.44. The van der Waals surface area contributed by atoms with E-state index in [0.29, 0.717) is 18.9 Å². The first-order valence-electron chi connectivity index (χ1n) is 8.32. The molecule has 0 saturated heterocycles. The molecule has 5 nitrogen and oxygen atoms in total. The molecule has 1 fully saturated rings. The Morgan fingerprint density at radius 1 is 1.17 bits per heavy atom. The molecule has 5 heteroatoms. The van der Waals surface area contributed by atoms with E-state index in [-0.39, 0.29) is 0 Å². The molecule has 1 aromatic rings. The highest BCUT2D eigenvalue weighted by Gasteiger charge is 2.40. The van der Waals surface area contributed by atoms with E-state index in [1.165, 1.54) is 31.3 Å². The van der Waals surface area contributed by atoms with Gasteiger partial charge in [0.05, 0.1) is 19.4 Å². The van der Waals surface area contributed by atoms with E-state index in [1.807, 2.05) is 24.3 Å². The fourth-order valence-electron chi connectivity index (χ4n) is 3.55. The van der Waals surface area contributed by atoms with Crippen LogP contribution in [-0.2, 0) is 20.7 Å². The summed E-state index contributed by atoms with van der Waals surface area (Å²) in [5.41, 5.74) is 1.72. The number of carbonyl (C=O) groups is 2. The van der Waals surface area contributed by atoms with Crippen molar-refractivity contribution in [2.75, 3.05) is 18.6 Å². The van der Waals surface area contributed by atoms with E-state index in [1.54, 1.807) is 0 Å². The third kappa shape index (κ3) is 3.33. The molecule has 1 saturated carbocycles. The zero-order chi connectivity index (χ0) is 16.2. The molecule has 1 aliphatic heterocycles. The van der Waals surface area contributed by atoms with Crippen molar-refractivity contribution in [2.45, 2.75) is 44.6 Å². The van der Waals surface area contributed by atoms with Gasteiger partial charge in [0.1, 0.15) is 6.04 Å².